The highest BCUT2D eigenvalue weighted by atomic mass is 35.5. The summed E-state index contributed by atoms with van der Waals surface area (Å²) in [5, 5.41) is 2.24. The molecule has 1 aromatic carbocycles. The van der Waals surface area contributed by atoms with E-state index < -0.39 is 41.8 Å². The van der Waals surface area contributed by atoms with Crippen molar-refractivity contribution in [2.24, 2.45) is 0 Å². The summed E-state index contributed by atoms with van der Waals surface area (Å²) < 4.78 is 22.5. The fourth-order valence-corrected chi connectivity index (χ4v) is 4.62. The number of fused-ring (bicyclic) bond motifs is 1. The van der Waals surface area contributed by atoms with Crippen molar-refractivity contribution in [3.05, 3.63) is 45.3 Å². The minimum atomic E-state index is -3.98. The summed E-state index contributed by atoms with van der Waals surface area (Å²) in [7, 11) is -3.98. The summed E-state index contributed by atoms with van der Waals surface area (Å²) in [6.45, 7) is 2.56. The van der Waals surface area contributed by atoms with Gasteiger partial charge in [-0.25, -0.2) is 0 Å². The van der Waals surface area contributed by atoms with Gasteiger partial charge in [0.05, 0.1) is 24.3 Å². The summed E-state index contributed by atoms with van der Waals surface area (Å²) >= 11 is 11.5. The fraction of sp³-hybridized carbons (Fsp3) is 0.312. The molecule has 1 aliphatic heterocycles. The van der Waals surface area contributed by atoms with Crippen molar-refractivity contribution in [1.82, 2.24) is 10.2 Å². The zero-order valence-corrected chi connectivity index (χ0v) is 16.9. The van der Waals surface area contributed by atoms with Crippen LogP contribution in [0.25, 0.3) is 0 Å². The average molecular weight is 435 g/mol. The van der Waals surface area contributed by atoms with Gasteiger partial charge in [-0.15, -0.1) is 0 Å². The number of rotatable bonds is 8. The molecule has 0 fully saturated rings. The molecule has 11 heteroatoms. The summed E-state index contributed by atoms with van der Waals surface area (Å²) in [5.74, 6) is -2.05. The minimum absolute atomic E-state index is 0.0100. The molecular formula is C16H17Cl2N2O6P. The highest BCUT2D eigenvalue weighted by molar-refractivity contribution is 7.58. The molecule has 1 heterocycles. The smallest absolute Gasteiger partial charge is 0.316 e. The van der Waals surface area contributed by atoms with Crippen molar-refractivity contribution in [3.63, 3.8) is 0 Å². The molecular weight excluding hydrogens is 418 g/mol. The number of hydrogen-bond acceptors (Lipinski definition) is 6. The second-order valence-electron chi connectivity index (χ2n) is 5.23. The van der Waals surface area contributed by atoms with Crippen molar-refractivity contribution in [2.75, 3.05) is 19.8 Å². The van der Waals surface area contributed by atoms with Gasteiger partial charge < -0.3 is 14.4 Å². The van der Waals surface area contributed by atoms with E-state index in [0.29, 0.717) is 0 Å². The van der Waals surface area contributed by atoms with Crippen LogP contribution in [0.3, 0.4) is 0 Å². The number of imide groups is 1. The van der Waals surface area contributed by atoms with Crippen LogP contribution in [-0.4, -0.2) is 42.4 Å². The van der Waals surface area contributed by atoms with E-state index in [4.69, 9.17) is 32.2 Å². The van der Waals surface area contributed by atoms with Gasteiger partial charge in [-0.1, -0.05) is 35.3 Å². The van der Waals surface area contributed by atoms with Gasteiger partial charge in [0.2, 0.25) is 5.91 Å². The van der Waals surface area contributed by atoms with Gasteiger partial charge in [0, 0.05) is 0 Å². The Kier molecular flexibility index (Phi) is 7.19. The van der Waals surface area contributed by atoms with E-state index in [1.54, 1.807) is 26.0 Å². The molecule has 8 nitrogen and oxygen atoms in total. The first kappa shape index (κ1) is 21.6. The van der Waals surface area contributed by atoms with Crippen LogP contribution < -0.4 is 5.32 Å². The van der Waals surface area contributed by atoms with Gasteiger partial charge in [0.25, 0.3) is 11.8 Å². The zero-order chi connectivity index (χ0) is 20.2. The summed E-state index contributed by atoms with van der Waals surface area (Å²) in [5.41, 5.74) is -0.0392. The maximum atomic E-state index is 12.8. The largest absolute Gasteiger partial charge is 0.379 e. The predicted octanol–water partition coefficient (Wildman–Crippen LogP) is 3.27. The monoisotopic (exact) mass is 434 g/mol. The van der Waals surface area contributed by atoms with E-state index in [0.717, 1.165) is 4.90 Å². The maximum Gasteiger partial charge on any atom is 0.379 e. The van der Waals surface area contributed by atoms with Crippen molar-refractivity contribution in [3.8, 4) is 0 Å². The van der Waals surface area contributed by atoms with E-state index >= 15 is 0 Å². The average Bonchev–Trinajstić information content (AvgIpc) is 2.85. The molecule has 1 aromatic rings. The molecule has 3 amide bonds. The number of carbonyl (C=O) groups excluding carboxylic acids is 3. The number of hydrogen-bond donors (Lipinski definition) is 1. The van der Waals surface area contributed by atoms with Crippen molar-refractivity contribution in [2.45, 2.75) is 13.8 Å². The van der Waals surface area contributed by atoms with Crippen LogP contribution in [0, 0.1) is 0 Å². The maximum absolute atomic E-state index is 12.8. The molecule has 1 aliphatic rings. The second kappa shape index (κ2) is 8.99. The molecule has 0 unspecified atom stereocenters. The number of carbonyl (C=O) groups is 3. The number of benzene rings is 1. The van der Waals surface area contributed by atoms with Crippen molar-refractivity contribution >= 4 is 48.5 Å². The molecule has 0 aliphatic carbocycles. The lowest BCUT2D eigenvalue weighted by molar-refractivity contribution is -0.120. The molecule has 1 N–H and O–H groups in total. The third-order valence-corrected chi connectivity index (χ3v) is 6.21. The Morgan fingerprint density at radius 3 is 1.96 bits per heavy atom. The van der Waals surface area contributed by atoms with Gasteiger partial charge in [0.1, 0.15) is 11.0 Å². The lowest BCUT2D eigenvalue weighted by Gasteiger charge is -2.21. The molecule has 0 aromatic heterocycles. The molecule has 0 saturated heterocycles. The van der Waals surface area contributed by atoms with Crippen LogP contribution >= 0.6 is 30.8 Å². The van der Waals surface area contributed by atoms with Crippen molar-refractivity contribution < 1.29 is 28.0 Å². The molecule has 0 saturated carbocycles. The highest BCUT2D eigenvalue weighted by Crippen LogP contribution is 2.56. The van der Waals surface area contributed by atoms with Crippen LogP contribution in [0.15, 0.2) is 34.2 Å². The third-order valence-electron chi connectivity index (χ3n) is 3.49. The number of amides is 3. The van der Waals surface area contributed by atoms with Gasteiger partial charge >= 0.3 is 7.60 Å². The van der Waals surface area contributed by atoms with E-state index in [-0.39, 0.29) is 24.3 Å². The number of halogens is 2. The molecule has 0 bridgehead atoms. The van der Waals surface area contributed by atoms with E-state index in [1.807, 2.05) is 0 Å². The summed E-state index contributed by atoms with van der Waals surface area (Å²) in [6.07, 6.45) is 0. The molecule has 0 spiro atoms. The molecule has 2 rings (SSSR count). The Morgan fingerprint density at radius 2 is 1.56 bits per heavy atom. The van der Waals surface area contributed by atoms with Gasteiger partial charge in [-0.3, -0.25) is 23.8 Å². The zero-order valence-electron chi connectivity index (χ0n) is 14.5. The van der Waals surface area contributed by atoms with E-state index in [1.165, 1.54) is 12.1 Å². The normalized spacial score (nSPS) is 13.6. The summed E-state index contributed by atoms with van der Waals surface area (Å²) in [6, 6.07) is 6.21. The first-order valence-electron chi connectivity index (χ1n) is 7.95. The first-order valence-corrected chi connectivity index (χ1v) is 10.2. The van der Waals surface area contributed by atoms with E-state index in [9.17, 15) is 18.9 Å². The lowest BCUT2D eigenvalue weighted by atomic mass is 10.1. The standard InChI is InChI=1S/C16H17Cl2N2O6P/c1-3-25-27(24,26-4-2)14(13(17)18)19-12(21)9-20-15(22)10-7-5-6-8-11(10)16(20)23/h5-8H,3-4,9H2,1-2H3,(H,19,21). The Balaban J connectivity index is 2.19. The van der Waals surface area contributed by atoms with Crippen molar-refractivity contribution in [1.29, 1.82) is 0 Å². The third kappa shape index (κ3) is 4.59. The van der Waals surface area contributed by atoms with Gasteiger partial charge in [-0.2, -0.15) is 0 Å². The lowest BCUT2D eigenvalue weighted by Crippen LogP contribution is -2.40. The van der Waals surface area contributed by atoms with Crippen LogP contribution in [0.4, 0.5) is 0 Å². The number of nitrogens with one attached hydrogen (secondary N) is 1. The topological polar surface area (TPSA) is 102 Å². The molecule has 0 radical (unpaired) electrons. The molecule has 146 valence electrons. The number of nitrogens with zero attached hydrogens (tertiary/aromatic N) is 1. The minimum Gasteiger partial charge on any atom is -0.316 e. The van der Waals surface area contributed by atoms with E-state index in [2.05, 4.69) is 5.32 Å². The van der Waals surface area contributed by atoms with Gasteiger partial charge in [-0.05, 0) is 26.0 Å². The predicted molar refractivity (Wildman–Crippen MR) is 99.5 cm³/mol. The van der Waals surface area contributed by atoms with Crippen LogP contribution in [-0.2, 0) is 18.4 Å². The Hall–Kier alpha value is -1.70. The highest BCUT2D eigenvalue weighted by Gasteiger charge is 2.38. The second-order valence-corrected chi connectivity index (χ2v) is 8.14. The van der Waals surface area contributed by atoms with Gasteiger partial charge in [0.15, 0.2) is 5.44 Å². The Bertz CT molecular complexity index is 808. The fourth-order valence-electron chi connectivity index (χ4n) is 2.42. The van der Waals surface area contributed by atoms with Crippen LogP contribution in [0.5, 0.6) is 0 Å². The first-order chi connectivity index (χ1) is 12.7. The van der Waals surface area contributed by atoms with Crippen LogP contribution in [0.1, 0.15) is 34.6 Å². The molecule has 27 heavy (non-hydrogen) atoms. The quantitative estimate of drug-likeness (QED) is 0.497. The summed E-state index contributed by atoms with van der Waals surface area (Å²) in [4.78, 5) is 37.8. The van der Waals surface area contributed by atoms with Crippen LogP contribution in [0.2, 0.25) is 0 Å². The SMILES string of the molecule is CCOP(=O)(OCC)C(NC(=O)CN1C(=O)c2ccccc2C1=O)=C(Cl)Cl. The molecule has 0 atom stereocenters. The Morgan fingerprint density at radius 1 is 1.07 bits per heavy atom. The Labute approximate surface area is 165 Å².